The van der Waals surface area contributed by atoms with E-state index in [1.54, 1.807) is 12.3 Å². The molecule has 0 aliphatic heterocycles. The summed E-state index contributed by atoms with van der Waals surface area (Å²) in [6, 6.07) is 12.8. The van der Waals surface area contributed by atoms with Crippen molar-refractivity contribution in [2.24, 2.45) is 0 Å². The Morgan fingerprint density at radius 1 is 1.00 bits per heavy atom. The molecule has 3 heterocycles. The number of carbonyl (C=O) groups excluding carboxylic acids is 1. The van der Waals surface area contributed by atoms with Crippen LogP contribution in [0.25, 0.3) is 5.65 Å². The van der Waals surface area contributed by atoms with Gasteiger partial charge < -0.3 is 9.47 Å². The zero-order valence-electron chi connectivity index (χ0n) is 17.2. The van der Waals surface area contributed by atoms with E-state index in [1.165, 1.54) is 27.4 Å². The third-order valence-electron chi connectivity index (χ3n) is 4.55. The molecule has 0 saturated heterocycles. The first kappa shape index (κ1) is 20.7. The van der Waals surface area contributed by atoms with Gasteiger partial charge in [0.15, 0.2) is 0 Å². The van der Waals surface area contributed by atoms with Gasteiger partial charge in [0.2, 0.25) is 0 Å². The lowest BCUT2D eigenvalue weighted by Crippen LogP contribution is -2.17. The van der Waals surface area contributed by atoms with E-state index in [9.17, 15) is 9.59 Å². The number of hydrogen-bond acceptors (Lipinski definition) is 7. The molecule has 0 aliphatic carbocycles. The minimum Gasteiger partial charge on any atom is -0.486 e. The average Bonchev–Trinajstić information content (AvgIpc) is 3.19. The van der Waals surface area contributed by atoms with Gasteiger partial charge in [-0.3, -0.25) is 14.0 Å². The van der Waals surface area contributed by atoms with Gasteiger partial charge in [0, 0.05) is 17.6 Å². The number of ether oxygens (including phenoxy) is 2. The lowest BCUT2D eigenvalue weighted by Gasteiger charge is -2.06. The van der Waals surface area contributed by atoms with Gasteiger partial charge in [0.25, 0.3) is 5.56 Å². The normalized spacial score (nSPS) is 10.9. The van der Waals surface area contributed by atoms with Crippen LogP contribution in [0.5, 0.6) is 5.75 Å². The van der Waals surface area contributed by atoms with Crippen LogP contribution < -0.4 is 10.3 Å². The van der Waals surface area contributed by atoms with E-state index in [0.29, 0.717) is 23.6 Å². The highest BCUT2D eigenvalue weighted by Crippen LogP contribution is 2.16. The fourth-order valence-electron chi connectivity index (χ4n) is 2.96. The molecule has 7 nitrogen and oxygen atoms in total. The summed E-state index contributed by atoms with van der Waals surface area (Å²) in [6.07, 6.45) is 1.77. The predicted molar refractivity (Wildman–Crippen MR) is 117 cm³/mol. The van der Waals surface area contributed by atoms with Crippen molar-refractivity contribution >= 4 is 23.0 Å². The van der Waals surface area contributed by atoms with Crippen molar-refractivity contribution in [1.82, 2.24) is 14.4 Å². The van der Waals surface area contributed by atoms with Crippen molar-refractivity contribution in [3.05, 3.63) is 91.9 Å². The van der Waals surface area contributed by atoms with Crippen LogP contribution in [0.4, 0.5) is 0 Å². The standard InChI is InChI=1S/C23H21N3O4S/c1-15-3-6-19(7-4-15)29-13-21-25-18(14-31-21)10-23(28)30-12-17-9-22(27)26-11-16(2)5-8-20(26)24-17/h3-9,11,14H,10,12-13H2,1-2H3. The zero-order valence-corrected chi connectivity index (χ0v) is 18.0. The molecule has 0 bridgehead atoms. The molecule has 0 radical (unpaired) electrons. The van der Waals surface area contributed by atoms with E-state index in [2.05, 4.69) is 9.97 Å². The molecular weight excluding hydrogens is 414 g/mol. The second-order valence-corrected chi connectivity index (χ2v) is 8.13. The maximum absolute atomic E-state index is 12.2. The fraction of sp³-hybridized carbons (Fsp3) is 0.217. The largest absolute Gasteiger partial charge is 0.486 e. The van der Waals surface area contributed by atoms with E-state index >= 15 is 0 Å². The summed E-state index contributed by atoms with van der Waals surface area (Å²) in [5.41, 5.74) is 3.47. The van der Waals surface area contributed by atoms with Gasteiger partial charge in [-0.2, -0.15) is 0 Å². The predicted octanol–water partition coefficient (Wildman–Crippen LogP) is 3.63. The number of fused-ring (bicyclic) bond motifs is 1. The Hall–Kier alpha value is -3.52. The molecule has 1 aromatic carbocycles. The van der Waals surface area contributed by atoms with Crippen molar-refractivity contribution in [2.45, 2.75) is 33.5 Å². The average molecular weight is 436 g/mol. The van der Waals surface area contributed by atoms with Crippen LogP contribution in [-0.4, -0.2) is 20.3 Å². The van der Waals surface area contributed by atoms with E-state index in [-0.39, 0.29) is 18.6 Å². The van der Waals surface area contributed by atoms with Crippen molar-refractivity contribution in [3.8, 4) is 5.75 Å². The fourth-order valence-corrected chi connectivity index (χ4v) is 3.67. The summed E-state index contributed by atoms with van der Waals surface area (Å²) in [7, 11) is 0. The minimum atomic E-state index is -0.429. The Bertz CT molecular complexity index is 1280. The Kier molecular flexibility index (Phi) is 6.08. The van der Waals surface area contributed by atoms with Crippen molar-refractivity contribution in [2.75, 3.05) is 0 Å². The van der Waals surface area contributed by atoms with Gasteiger partial charge in [0.1, 0.15) is 29.6 Å². The van der Waals surface area contributed by atoms with Crippen LogP contribution in [0.15, 0.2) is 58.8 Å². The van der Waals surface area contributed by atoms with Crippen LogP contribution in [-0.2, 0) is 29.2 Å². The molecule has 0 amide bonds. The van der Waals surface area contributed by atoms with Crippen LogP contribution in [0.1, 0.15) is 27.5 Å². The molecular formula is C23H21N3O4S. The number of benzene rings is 1. The molecule has 0 spiro atoms. The Morgan fingerprint density at radius 2 is 1.77 bits per heavy atom. The summed E-state index contributed by atoms with van der Waals surface area (Å²) < 4.78 is 12.5. The first-order chi connectivity index (χ1) is 15.0. The second-order valence-electron chi connectivity index (χ2n) is 7.19. The molecule has 0 unspecified atom stereocenters. The number of thiazole rings is 1. The van der Waals surface area contributed by atoms with Crippen molar-refractivity contribution < 1.29 is 14.3 Å². The summed E-state index contributed by atoms with van der Waals surface area (Å²) in [5.74, 6) is 0.345. The van der Waals surface area contributed by atoms with E-state index < -0.39 is 5.97 Å². The van der Waals surface area contributed by atoms with E-state index in [1.807, 2.05) is 49.6 Å². The van der Waals surface area contributed by atoms with Crippen LogP contribution in [0, 0.1) is 13.8 Å². The molecule has 3 aromatic heterocycles. The number of hydrogen-bond donors (Lipinski definition) is 0. The summed E-state index contributed by atoms with van der Waals surface area (Å²) >= 11 is 1.43. The number of pyridine rings is 1. The van der Waals surface area contributed by atoms with Gasteiger partial charge in [-0.1, -0.05) is 23.8 Å². The highest BCUT2D eigenvalue weighted by atomic mass is 32.1. The van der Waals surface area contributed by atoms with Gasteiger partial charge in [-0.25, -0.2) is 9.97 Å². The Labute approximate surface area is 182 Å². The quantitative estimate of drug-likeness (QED) is 0.412. The monoisotopic (exact) mass is 435 g/mol. The smallest absolute Gasteiger partial charge is 0.312 e. The van der Waals surface area contributed by atoms with E-state index in [4.69, 9.17) is 9.47 Å². The molecule has 4 rings (SSSR count). The molecule has 0 aliphatic rings. The summed E-state index contributed by atoms with van der Waals surface area (Å²) in [5, 5.41) is 2.60. The van der Waals surface area contributed by atoms with Gasteiger partial charge in [-0.15, -0.1) is 11.3 Å². The first-order valence-corrected chi connectivity index (χ1v) is 10.6. The lowest BCUT2D eigenvalue weighted by molar-refractivity contribution is -0.144. The van der Waals surface area contributed by atoms with Gasteiger partial charge >= 0.3 is 5.97 Å². The van der Waals surface area contributed by atoms with E-state index in [0.717, 1.165) is 16.3 Å². The third kappa shape index (κ3) is 5.35. The van der Waals surface area contributed by atoms with Gasteiger partial charge in [0.05, 0.1) is 17.8 Å². The number of nitrogens with zero attached hydrogens (tertiary/aromatic N) is 3. The number of esters is 1. The molecule has 8 heteroatoms. The summed E-state index contributed by atoms with van der Waals surface area (Å²) in [4.78, 5) is 33.2. The molecule has 0 atom stereocenters. The molecule has 158 valence electrons. The topological polar surface area (TPSA) is 82.8 Å². The minimum absolute atomic E-state index is 0.0484. The molecule has 4 aromatic rings. The Morgan fingerprint density at radius 3 is 2.58 bits per heavy atom. The summed E-state index contributed by atoms with van der Waals surface area (Å²) in [6.45, 7) is 4.20. The van der Waals surface area contributed by atoms with Crippen LogP contribution in [0.3, 0.4) is 0 Å². The molecule has 0 N–H and O–H groups in total. The molecule has 0 saturated carbocycles. The number of aromatic nitrogens is 3. The maximum Gasteiger partial charge on any atom is 0.312 e. The number of rotatable bonds is 7. The highest BCUT2D eigenvalue weighted by Gasteiger charge is 2.11. The number of aryl methyl sites for hydroxylation is 2. The SMILES string of the molecule is Cc1ccc(OCc2nc(CC(=O)OCc3cc(=O)n4cc(C)ccc4n3)cs2)cc1. The first-order valence-electron chi connectivity index (χ1n) is 9.73. The van der Waals surface area contributed by atoms with Crippen molar-refractivity contribution in [3.63, 3.8) is 0 Å². The van der Waals surface area contributed by atoms with Crippen LogP contribution in [0.2, 0.25) is 0 Å². The Balaban J connectivity index is 1.31. The zero-order chi connectivity index (χ0) is 21.8. The third-order valence-corrected chi connectivity index (χ3v) is 5.42. The van der Waals surface area contributed by atoms with Crippen molar-refractivity contribution in [1.29, 1.82) is 0 Å². The molecule has 0 fully saturated rings. The lowest BCUT2D eigenvalue weighted by atomic mass is 10.2. The molecule has 31 heavy (non-hydrogen) atoms. The van der Waals surface area contributed by atoms with Crippen LogP contribution >= 0.6 is 11.3 Å². The highest BCUT2D eigenvalue weighted by molar-refractivity contribution is 7.09. The van der Waals surface area contributed by atoms with Gasteiger partial charge in [-0.05, 0) is 37.6 Å². The number of carbonyl (C=O) groups is 1. The maximum atomic E-state index is 12.2. The second kappa shape index (κ2) is 9.09.